The third-order valence-corrected chi connectivity index (χ3v) is 4.56. The van der Waals surface area contributed by atoms with Gasteiger partial charge in [0.15, 0.2) is 0 Å². The Morgan fingerprint density at radius 3 is 2.22 bits per heavy atom. The number of rotatable bonds is 4. The molecule has 1 heterocycles. The average molecular weight is 320 g/mol. The van der Waals surface area contributed by atoms with Crippen molar-refractivity contribution in [2.75, 3.05) is 13.7 Å². The molecule has 0 spiro atoms. The molecule has 0 saturated carbocycles. The number of hydrogen-bond donors (Lipinski definition) is 0. The summed E-state index contributed by atoms with van der Waals surface area (Å²) in [5.74, 6) is 0.297. The van der Waals surface area contributed by atoms with Crippen LogP contribution in [-0.4, -0.2) is 38.0 Å². The van der Waals surface area contributed by atoms with E-state index in [2.05, 4.69) is 0 Å². The van der Waals surface area contributed by atoms with Gasteiger partial charge < -0.3 is 18.8 Å². The molecule has 0 aliphatic carbocycles. The molecule has 0 atom stereocenters. The fraction of sp³-hybridized carbons (Fsp3) is 0.588. The summed E-state index contributed by atoms with van der Waals surface area (Å²) in [6, 6.07) is 3.57. The SMILES string of the molecule is CCOc1cc(B2OC(C)(C)C(C)(C)O2)c(C(=O)OC)cc1C. The van der Waals surface area contributed by atoms with E-state index >= 15 is 0 Å². The van der Waals surface area contributed by atoms with Gasteiger partial charge in [0.05, 0.1) is 30.5 Å². The van der Waals surface area contributed by atoms with Gasteiger partial charge in [-0.2, -0.15) is 0 Å². The quantitative estimate of drug-likeness (QED) is 0.630. The number of methoxy groups -OCH3 is 1. The van der Waals surface area contributed by atoms with Crippen molar-refractivity contribution >= 4 is 18.6 Å². The second-order valence-electron chi connectivity index (χ2n) is 6.72. The van der Waals surface area contributed by atoms with Gasteiger partial charge in [0.25, 0.3) is 0 Å². The summed E-state index contributed by atoms with van der Waals surface area (Å²) in [7, 11) is 0.719. The molecule has 6 heteroatoms. The van der Waals surface area contributed by atoms with Gasteiger partial charge in [-0.15, -0.1) is 0 Å². The van der Waals surface area contributed by atoms with E-state index in [1.807, 2.05) is 47.6 Å². The fourth-order valence-electron chi connectivity index (χ4n) is 2.47. The molecule has 23 heavy (non-hydrogen) atoms. The molecule has 5 nitrogen and oxygen atoms in total. The van der Waals surface area contributed by atoms with E-state index in [9.17, 15) is 4.79 Å². The van der Waals surface area contributed by atoms with Crippen LogP contribution in [-0.2, 0) is 14.0 Å². The minimum Gasteiger partial charge on any atom is -0.494 e. The van der Waals surface area contributed by atoms with Gasteiger partial charge in [0.2, 0.25) is 0 Å². The van der Waals surface area contributed by atoms with E-state index in [0.717, 1.165) is 5.56 Å². The van der Waals surface area contributed by atoms with Crippen molar-refractivity contribution in [1.29, 1.82) is 0 Å². The Kier molecular flexibility index (Phi) is 4.78. The normalized spacial score (nSPS) is 18.8. The molecule has 2 rings (SSSR count). The lowest BCUT2D eigenvalue weighted by atomic mass is 9.75. The van der Waals surface area contributed by atoms with Crippen LogP contribution in [0.25, 0.3) is 0 Å². The Morgan fingerprint density at radius 2 is 1.74 bits per heavy atom. The zero-order valence-corrected chi connectivity index (χ0v) is 15.0. The zero-order chi connectivity index (χ0) is 17.4. The van der Waals surface area contributed by atoms with Gasteiger partial charge in [0, 0.05) is 5.46 Å². The molecule has 126 valence electrons. The van der Waals surface area contributed by atoms with Crippen LogP contribution in [0, 0.1) is 6.92 Å². The Labute approximate surface area is 138 Å². The van der Waals surface area contributed by atoms with Gasteiger partial charge in [-0.05, 0) is 59.2 Å². The smallest absolute Gasteiger partial charge is 0.494 e. The average Bonchev–Trinajstić information content (AvgIpc) is 2.68. The number of carbonyl (C=O) groups excluding carboxylic acids is 1. The van der Waals surface area contributed by atoms with E-state index in [4.69, 9.17) is 18.8 Å². The summed E-state index contributed by atoms with van der Waals surface area (Å²) >= 11 is 0. The van der Waals surface area contributed by atoms with Crippen LogP contribution < -0.4 is 10.2 Å². The summed E-state index contributed by atoms with van der Waals surface area (Å²) in [6.07, 6.45) is 0. The topological polar surface area (TPSA) is 54.0 Å². The first-order valence-corrected chi connectivity index (χ1v) is 7.84. The van der Waals surface area contributed by atoms with E-state index < -0.39 is 24.3 Å². The van der Waals surface area contributed by atoms with Gasteiger partial charge in [-0.25, -0.2) is 4.79 Å². The maximum Gasteiger partial charge on any atom is 0.495 e. The van der Waals surface area contributed by atoms with Crippen LogP contribution >= 0.6 is 0 Å². The van der Waals surface area contributed by atoms with Crippen molar-refractivity contribution < 1.29 is 23.6 Å². The summed E-state index contributed by atoms with van der Waals surface area (Å²) < 4.78 is 22.7. The Hall–Kier alpha value is -1.53. The second-order valence-corrected chi connectivity index (χ2v) is 6.72. The maximum absolute atomic E-state index is 12.2. The van der Waals surface area contributed by atoms with Crippen molar-refractivity contribution in [1.82, 2.24) is 0 Å². The fourth-order valence-corrected chi connectivity index (χ4v) is 2.47. The molecular formula is C17H25BO5. The highest BCUT2D eigenvalue weighted by Crippen LogP contribution is 2.37. The highest BCUT2D eigenvalue weighted by Gasteiger charge is 2.52. The second kappa shape index (κ2) is 6.17. The van der Waals surface area contributed by atoms with Crippen LogP contribution in [0.1, 0.15) is 50.5 Å². The molecule has 1 fully saturated rings. The molecule has 0 bridgehead atoms. The largest absolute Gasteiger partial charge is 0.495 e. The third kappa shape index (κ3) is 3.24. The van der Waals surface area contributed by atoms with Crippen molar-refractivity contribution in [3.8, 4) is 5.75 Å². The van der Waals surface area contributed by atoms with Gasteiger partial charge in [-0.1, -0.05) is 0 Å². The maximum atomic E-state index is 12.2. The van der Waals surface area contributed by atoms with Crippen LogP contribution in [0.2, 0.25) is 0 Å². The summed E-state index contributed by atoms with van der Waals surface area (Å²) in [5, 5.41) is 0. The van der Waals surface area contributed by atoms with Crippen LogP contribution in [0.4, 0.5) is 0 Å². The first kappa shape index (κ1) is 17.8. The first-order chi connectivity index (χ1) is 10.6. The lowest BCUT2D eigenvalue weighted by molar-refractivity contribution is 0.00578. The standard InChI is InChI=1S/C17H25BO5/c1-8-21-14-10-13(12(9-11(14)2)15(19)20-7)18-22-16(3,4)17(5,6)23-18/h9-10H,8H2,1-7H3. The van der Waals surface area contributed by atoms with Crippen LogP contribution in [0.15, 0.2) is 12.1 Å². The van der Waals surface area contributed by atoms with Gasteiger partial charge >= 0.3 is 13.1 Å². The van der Waals surface area contributed by atoms with E-state index in [-0.39, 0.29) is 0 Å². The summed E-state index contributed by atoms with van der Waals surface area (Å²) in [4.78, 5) is 12.2. The van der Waals surface area contributed by atoms with Gasteiger partial charge in [0.1, 0.15) is 5.75 Å². The summed E-state index contributed by atoms with van der Waals surface area (Å²) in [6.45, 7) is 12.3. The predicted molar refractivity (Wildman–Crippen MR) is 89.4 cm³/mol. The van der Waals surface area contributed by atoms with Crippen molar-refractivity contribution in [2.24, 2.45) is 0 Å². The molecule has 1 aliphatic heterocycles. The van der Waals surface area contributed by atoms with E-state index in [1.165, 1.54) is 7.11 Å². The van der Waals surface area contributed by atoms with Crippen LogP contribution in [0.5, 0.6) is 5.75 Å². The monoisotopic (exact) mass is 320 g/mol. The molecule has 1 aliphatic rings. The number of esters is 1. The molecule has 0 N–H and O–H groups in total. The number of hydrogen-bond acceptors (Lipinski definition) is 5. The molecule has 0 aromatic heterocycles. The predicted octanol–water partition coefficient (Wildman–Crippen LogP) is 2.48. The number of benzene rings is 1. The van der Waals surface area contributed by atoms with Crippen LogP contribution in [0.3, 0.4) is 0 Å². The van der Waals surface area contributed by atoms with Crippen molar-refractivity contribution in [3.63, 3.8) is 0 Å². The molecule has 0 amide bonds. The van der Waals surface area contributed by atoms with Crippen molar-refractivity contribution in [2.45, 2.75) is 52.7 Å². The zero-order valence-electron chi connectivity index (χ0n) is 15.0. The van der Waals surface area contributed by atoms with Gasteiger partial charge in [-0.3, -0.25) is 0 Å². The van der Waals surface area contributed by atoms with Crippen molar-refractivity contribution in [3.05, 3.63) is 23.3 Å². The highest BCUT2D eigenvalue weighted by atomic mass is 16.7. The number of carbonyl (C=O) groups is 1. The minimum absolute atomic E-state index is 0.416. The third-order valence-electron chi connectivity index (χ3n) is 4.56. The Balaban J connectivity index is 2.51. The molecule has 1 saturated heterocycles. The summed E-state index contributed by atoms with van der Waals surface area (Å²) in [5.41, 5.74) is 0.965. The number of aryl methyl sites for hydroxylation is 1. The lowest BCUT2D eigenvalue weighted by Crippen LogP contribution is -2.41. The van der Waals surface area contributed by atoms with E-state index in [0.29, 0.717) is 23.4 Å². The molecule has 0 unspecified atom stereocenters. The molecule has 1 aromatic carbocycles. The Bertz CT molecular complexity index is 593. The number of ether oxygens (including phenoxy) is 2. The minimum atomic E-state index is -0.645. The lowest BCUT2D eigenvalue weighted by Gasteiger charge is -2.32. The molecule has 1 aromatic rings. The Morgan fingerprint density at radius 1 is 1.17 bits per heavy atom. The molecule has 0 radical (unpaired) electrons. The highest BCUT2D eigenvalue weighted by molar-refractivity contribution is 6.63. The molecular weight excluding hydrogens is 295 g/mol. The van der Waals surface area contributed by atoms with E-state index in [1.54, 1.807) is 6.07 Å². The first-order valence-electron chi connectivity index (χ1n) is 7.84.